The van der Waals surface area contributed by atoms with Crippen LogP contribution in [0.1, 0.15) is 31.1 Å². The zero-order chi connectivity index (χ0) is 13.7. The lowest BCUT2D eigenvalue weighted by Gasteiger charge is -2.12. The molecular weight excluding hydrogens is 242 g/mol. The van der Waals surface area contributed by atoms with E-state index in [2.05, 4.69) is 32.5 Å². The fourth-order valence-electron chi connectivity index (χ4n) is 1.86. The first-order chi connectivity index (χ1) is 9.24. The largest absolute Gasteiger partial charge is 0.444 e. The highest BCUT2D eigenvalue weighted by Crippen LogP contribution is 2.20. The quantitative estimate of drug-likeness (QED) is 0.831. The number of oxazole rings is 1. The van der Waals surface area contributed by atoms with Gasteiger partial charge < -0.3 is 15.1 Å². The lowest BCUT2D eigenvalue weighted by Crippen LogP contribution is -2.09. The molecular formula is C13H19N5O. The Morgan fingerprint density at radius 3 is 2.42 bits per heavy atom. The summed E-state index contributed by atoms with van der Waals surface area (Å²) in [5.41, 5.74) is 1.08. The second kappa shape index (κ2) is 6.17. The number of nitrogens with one attached hydrogen (secondary N) is 2. The van der Waals surface area contributed by atoms with Crippen molar-refractivity contribution in [3.05, 3.63) is 29.7 Å². The average Bonchev–Trinajstić information content (AvgIpc) is 2.83. The molecule has 19 heavy (non-hydrogen) atoms. The Bertz CT molecular complexity index is 538. The van der Waals surface area contributed by atoms with E-state index in [0.717, 1.165) is 35.9 Å². The summed E-state index contributed by atoms with van der Waals surface area (Å²) in [7, 11) is 0. The zero-order valence-electron chi connectivity index (χ0n) is 11.5. The summed E-state index contributed by atoms with van der Waals surface area (Å²) in [6.45, 7) is 7.36. The van der Waals surface area contributed by atoms with Crippen molar-refractivity contribution in [1.82, 2.24) is 15.0 Å². The van der Waals surface area contributed by atoms with Gasteiger partial charge >= 0.3 is 0 Å². The first kappa shape index (κ1) is 13.3. The summed E-state index contributed by atoms with van der Waals surface area (Å²) < 4.78 is 5.42. The van der Waals surface area contributed by atoms with E-state index in [4.69, 9.17) is 4.42 Å². The van der Waals surface area contributed by atoms with Gasteiger partial charge in [0.05, 0.1) is 12.7 Å². The number of aryl methyl sites for hydroxylation is 1. The second-order valence-electron chi connectivity index (χ2n) is 4.15. The van der Waals surface area contributed by atoms with Gasteiger partial charge in [-0.05, 0) is 20.3 Å². The molecule has 0 fully saturated rings. The van der Waals surface area contributed by atoms with Crippen LogP contribution in [-0.2, 0) is 13.0 Å². The van der Waals surface area contributed by atoms with Crippen molar-refractivity contribution in [1.29, 1.82) is 0 Å². The van der Waals surface area contributed by atoms with Crippen LogP contribution < -0.4 is 10.6 Å². The summed E-state index contributed by atoms with van der Waals surface area (Å²) in [4.78, 5) is 12.7. The van der Waals surface area contributed by atoms with Crippen LogP contribution in [0.4, 0.5) is 11.6 Å². The Labute approximate surface area is 112 Å². The number of hydrogen-bond donors (Lipinski definition) is 2. The Morgan fingerprint density at radius 2 is 1.84 bits per heavy atom. The molecule has 6 heteroatoms. The van der Waals surface area contributed by atoms with Gasteiger partial charge in [-0.2, -0.15) is 0 Å². The molecule has 0 aliphatic heterocycles. The van der Waals surface area contributed by atoms with Crippen molar-refractivity contribution >= 4 is 11.6 Å². The van der Waals surface area contributed by atoms with Crippen molar-refractivity contribution in [2.24, 2.45) is 0 Å². The summed E-state index contributed by atoms with van der Waals surface area (Å²) in [5.74, 6) is 3.17. The predicted octanol–water partition coefficient (Wildman–Crippen LogP) is 2.38. The third-order valence-corrected chi connectivity index (χ3v) is 2.72. The minimum Gasteiger partial charge on any atom is -0.444 e. The molecule has 2 N–H and O–H groups in total. The monoisotopic (exact) mass is 261 g/mol. The Hall–Kier alpha value is -2.11. The summed E-state index contributed by atoms with van der Waals surface area (Å²) in [6, 6.07) is 0. The molecule has 2 rings (SSSR count). The lowest BCUT2D eigenvalue weighted by molar-refractivity contribution is 0.478. The first-order valence-electron chi connectivity index (χ1n) is 6.47. The average molecular weight is 261 g/mol. The minimum atomic E-state index is 0.517. The molecule has 0 saturated carbocycles. The molecule has 0 unspecified atom stereocenters. The highest BCUT2D eigenvalue weighted by atomic mass is 16.4. The Morgan fingerprint density at radius 1 is 1.11 bits per heavy atom. The smallest absolute Gasteiger partial charge is 0.213 e. The molecule has 0 atom stereocenters. The number of nitrogens with zero attached hydrogens (tertiary/aromatic N) is 3. The van der Waals surface area contributed by atoms with E-state index in [1.807, 2.05) is 13.8 Å². The van der Waals surface area contributed by atoms with E-state index in [1.54, 1.807) is 12.5 Å². The number of hydrogen-bond acceptors (Lipinski definition) is 6. The van der Waals surface area contributed by atoms with E-state index >= 15 is 0 Å². The summed E-state index contributed by atoms with van der Waals surface area (Å²) >= 11 is 0. The number of rotatable bonds is 6. The van der Waals surface area contributed by atoms with Crippen molar-refractivity contribution in [2.45, 2.75) is 33.7 Å². The Balaban J connectivity index is 2.13. The molecule has 102 valence electrons. The van der Waals surface area contributed by atoms with Gasteiger partial charge in [0.25, 0.3) is 0 Å². The molecule has 0 amide bonds. The zero-order valence-corrected chi connectivity index (χ0v) is 11.5. The van der Waals surface area contributed by atoms with Crippen LogP contribution in [0.2, 0.25) is 0 Å². The van der Waals surface area contributed by atoms with Gasteiger partial charge in [0, 0.05) is 12.1 Å². The molecule has 0 bridgehead atoms. The number of aromatic nitrogens is 3. The van der Waals surface area contributed by atoms with Crippen LogP contribution in [0.3, 0.4) is 0 Å². The van der Waals surface area contributed by atoms with Crippen LogP contribution in [0.5, 0.6) is 0 Å². The maximum absolute atomic E-state index is 5.42. The number of anilines is 2. The molecule has 2 heterocycles. The van der Waals surface area contributed by atoms with Gasteiger partial charge in [0.2, 0.25) is 5.89 Å². The van der Waals surface area contributed by atoms with Gasteiger partial charge in [0.1, 0.15) is 23.7 Å². The first-order valence-corrected chi connectivity index (χ1v) is 6.47. The topological polar surface area (TPSA) is 75.9 Å². The van der Waals surface area contributed by atoms with Crippen LogP contribution in [-0.4, -0.2) is 21.5 Å². The second-order valence-corrected chi connectivity index (χ2v) is 4.15. The van der Waals surface area contributed by atoms with Crippen molar-refractivity contribution in [3.8, 4) is 0 Å². The Kier molecular flexibility index (Phi) is 4.33. The van der Waals surface area contributed by atoms with Crippen LogP contribution in [0.15, 0.2) is 16.9 Å². The standard InChI is InChI=1S/C13H19N5O/c1-4-10-12(14-5-2)17-8-18-13(10)16-7-11-15-6-9(3)19-11/h6,8H,4-5,7H2,1-3H3,(H2,14,16,17,18). The van der Waals surface area contributed by atoms with E-state index in [9.17, 15) is 0 Å². The maximum atomic E-state index is 5.42. The fraction of sp³-hybridized carbons (Fsp3) is 0.462. The molecule has 0 saturated heterocycles. The van der Waals surface area contributed by atoms with E-state index in [0.29, 0.717) is 12.4 Å². The van der Waals surface area contributed by atoms with Gasteiger partial charge in [-0.1, -0.05) is 6.92 Å². The SMILES string of the molecule is CCNc1ncnc(NCc2ncc(C)o2)c1CC. The maximum Gasteiger partial charge on any atom is 0.213 e. The molecule has 2 aromatic heterocycles. The molecule has 0 spiro atoms. The van der Waals surface area contributed by atoms with Gasteiger partial charge in [0.15, 0.2) is 0 Å². The minimum absolute atomic E-state index is 0.517. The van der Waals surface area contributed by atoms with Crippen LogP contribution in [0.25, 0.3) is 0 Å². The van der Waals surface area contributed by atoms with Crippen molar-refractivity contribution < 1.29 is 4.42 Å². The van der Waals surface area contributed by atoms with Crippen LogP contribution in [0, 0.1) is 6.92 Å². The molecule has 0 aromatic carbocycles. The molecule has 2 aromatic rings. The molecule has 0 aliphatic carbocycles. The highest BCUT2D eigenvalue weighted by molar-refractivity contribution is 5.57. The third kappa shape index (κ3) is 3.21. The third-order valence-electron chi connectivity index (χ3n) is 2.72. The summed E-state index contributed by atoms with van der Waals surface area (Å²) in [6.07, 6.45) is 4.12. The highest BCUT2D eigenvalue weighted by Gasteiger charge is 2.09. The summed E-state index contributed by atoms with van der Waals surface area (Å²) in [5, 5.41) is 6.48. The van der Waals surface area contributed by atoms with Crippen molar-refractivity contribution in [2.75, 3.05) is 17.2 Å². The van der Waals surface area contributed by atoms with Crippen LogP contribution >= 0.6 is 0 Å². The molecule has 0 radical (unpaired) electrons. The lowest BCUT2D eigenvalue weighted by atomic mass is 10.2. The van der Waals surface area contributed by atoms with Crippen molar-refractivity contribution in [3.63, 3.8) is 0 Å². The van der Waals surface area contributed by atoms with Gasteiger partial charge in [-0.3, -0.25) is 0 Å². The van der Waals surface area contributed by atoms with E-state index in [1.165, 1.54) is 0 Å². The molecule has 6 nitrogen and oxygen atoms in total. The van der Waals surface area contributed by atoms with E-state index < -0.39 is 0 Å². The predicted molar refractivity (Wildman–Crippen MR) is 74.1 cm³/mol. The normalized spacial score (nSPS) is 10.5. The van der Waals surface area contributed by atoms with Gasteiger partial charge in [-0.15, -0.1) is 0 Å². The van der Waals surface area contributed by atoms with Gasteiger partial charge in [-0.25, -0.2) is 15.0 Å². The fourth-order valence-corrected chi connectivity index (χ4v) is 1.86. The van der Waals surface area contributed by atoms with E-state index in [-0.39, 0.29) is 0 Å². The molecule has 0 aliphatic rings.